The summed E-state index contributed by atoms with van der Waals surface area (Å²) >= 11 is 5.79. The number of hydrogen-bond donors (Lipinski definition) is 1. The Morgan fingerprint density at radius 3 is 2.65 bits per heavy atom. The topological polar surface area (TPSA) is 64.9 Å². The van der Waals surface area contributed by atoms with Gasteiger partial charge in [-0.1, -0.05) is 22.8 Å². The lowest BCUT2D eigenvalue weighted by Gasteiger charge is -2.04. The average molecular weight is 290 g/mol. The summed E-state index contributed by atoms with van der Waals surface area (Å²) in [5, 5.41) is 3.86. The van der Waals surface area contributed by atoms with Gasteiger partial charge >= 0.3 is 0 Å². The molecule has 2 aromatic heterocycles. The van der Waals surface area contributed by atoms with E-state index in [2.05, 4.69) is 10.1 Å². The standard InChI is InChI=1S/C14H9ClFN3O/c15-10-3-1-2-9(12(10)16)13-11(14(17)20-19-13)8-4-6-18-7-5-8/h1-7H,17H2. The van der Waals surface area contributed by atoms with E-state index in [1.807, 2.05) is 0 Å². The number of hydrogen-bond acceptors (Lipinski definition) is 4. The summed E-state index contributed by atoms with van der Waals surface area (Å²) < 4.78 is 19.1. The fraction of sp³-hybridized carbons (Fsp3) is 0. The highest BCUT2D eigenvalue weighted by molar-refractivity contribution is 6.31. The molecule has 0 amide bonds. The van der Waals surface area contributed by atoms with Crippen LogP contribution in [0.15, 0.2) is 47.2 Å². The summed E-state index contributed by atoms with van der Waals surface area (Å²) in [6.07, 6.45) is 3.22. The van der Waals surface area contributed by atoms with Gasteiger partial charge in [-0.15, -0.1) is 0 Å². The van der Waals surface area contributed by atoms with E-state index in [1.165, 1.54) is 6.07 Å². The largest absolute Gasteiger partial charge is 0.367 e. The third-order valence-corrected chi connectivity index (χ3v) is 3.19. The van der Waals surface area contributed by atoms with Gasteiger partial charge in [0.1, 0.15) is 5.69 Å². The monoisotopic (exact) mass is 289 g/mol. The molecule has 3 aromatic rings. The first-order valence-electron chi connectivity index (χ1n) is 5.78. The highest BCUT2D eigenvalue weighted by atomic mass is 35.5. The number of nitrogens with two attached hydrogens (primary N) is 1. The van der Waals surface area contributed by atoms with E-state index in [1.54, 1.807) is 36.7 Å². The maximum atomic E-state index is 14.1. The highest BCUT2D eigenvalue weighted by Crippen LogP contribution is 2.38. The number of benzene rings is 1. The molecule has 4 nitrogen and oxygen atoms in total. The minimum absolute atomic E-state index is 0.0183. The Morgan fingerprint density at radius 1 is 1.15 bits per heavy atom. The Labute approximate surface area is 119 Å². The molecule has 0 atom stereocenters. The third kappa shape index (κ3) is 2.02. The maximum absolute atomic E-state index is 14.1. The molecule has 3 rings (SSSR count). The minimum atomic E-state index is -0.558. The third-order valence-electron chi connectivity index (χ3n) is 2.89. The quantitative estimate of drug-likeness (QED) is 0.780. The van der Waals surface area contributed by atoms with E-state index in [4.69, 9.17) is 21.9 Å². The lowest BCUT2D eigenvalue weighted by Crippen LogP contribution is -1.90. The van der Waals surface area contributed by atoms with Crippen molar-refractivity contribution in [2.24, 2.45) is 0 Å². The molecule has 1 aromatic carbocycles. The summed E-state index contributed by atoms with van der Waals surface area (Å²) in [5.41, 5.74) is 7.61. The van der Waals surface area contributed by atoms with Crippen molar-refractivity contribution >= 4 is 17.5 Å². The molecule has 100 valence electrons. The Balaban J connectivity index is 2.24. The van der Waals surface area contributed by atoms with Crippen LogP contribution >= 0.6 is 11.6 Å². The Hall–Kier alpha value is -2.40. The molecule has 6 heteroatoms. The first kappa shape index (κ1) is 12.6. The summed E-state index contributed by atoms with van der Waals surface area (Å²) in [6, 6.07) is 8.17. The van der Waals surface area contributed by atoms with Crippen molar-refractivity contribution in [2.45, 2.75) is 0 Å². The van der Waals surface area contributed by atoms with E-state index >= 15 is 0 Å². The Bertz CT molecular complexity index is 758. The molecule has 0 saturated heterocycles. The lowest BCUT2D eigenvalue weighted by molar-refractivity contribution is 0.439. The van der Waals surface area contributed by atoms with Crippen molar-refractivity contribution in [3.63, 3.8) is 0 Å². The van der Waals surface area contributed by atoms with Crippen LogP contribution in [0.4, 0.5) is 10.3 Å². The van der Waals surface area contributed by atoms with E-state index in [0.29, 0.717) is 11.3 Å². The van der Waals surface area contributed by atoms with Gasteiger partial charge in [0.2, 0.25) is 5.88 Å². The number of rotatable bonds is 2. The SMILES string of the molecule is Nc1onc(-c2cccc(Cl)c2F)c1-c1ccncc1. The zero-order valence-electron chi connectivity index (χ0n) is 10.2. The van der Waals surface area contributed by atoms with Crippen LogP contribution in [-0.2, 0) is 0 Å². The molecule has 0 unspecified atom stereocenters. The summed E-state index contributed by atoms with van der Waals surface area (Å²) in [7, 11) is 0. The molecule has 0 spiro atoms. The van der Waals surface area contributed by atoms with Crippen LogP contribution < -0.4 is 5.73 Å². The summed E-state index contributed by atoms with van der Waals surface area (Å²) in [5.74, 6) is -0.441. The van der Waals surface area contributed by atoms with Crippen molar-refractivity contribution in [2.75, 3.05) is 5.73 Å². The van der Waals surface area contributed by atoms with Crippen LogP contribution in [-0.4, -0.2) is 10.1 Å². The van der Waals surface area contributed by atoms with Gasteiger partial charge in [-0.2, -0.15) is 0 Å². The van der Waals surface area contributed by atoms with Gasteiger partial charge in [-0.25, -0.2) is 4.39 Å². The molecular weight excluding hydrogens is 281 g/mol. The summed E-state index contributed by atoms with van der Waals surface area (Å²) in [6.45, 7) is 0. The normalized spacial score (nSPS) is 10.7. The number of halogens is 2. The fourth-order valence-electron chi connectivity index (χ4n) is 1.97. The predicted molar refractivity (Wildman–Crippen MR) is 74.6 cm³/mol. The Morgan fingerprint density at radius 2 is 1.90 bits per heavy atom. The van der Waals surface area contributed by atoms with Gasteiger partial charge in [0.25, 0.3) is 0 Å². The Kier molecular flexibility index (Phi) is 3.12. The van der Waals surface area contributed by atoms with Crippen molar-refractivity contribution in [1.82, 2.24) is 10.1 Å². The molecule has 20 heavy (non-hydrogen) atoms. The average Bonchev–Trinajstić information content (AvgIpc) is 2.84. The second kappa shape index (κ2) is 4.94. The maximum Gasteiger partial charge on any atom is 0.230 e. The number of nitrogen functional groups attached to an aromatic ring is 1. The van der Waals surface area contributed by atoms with Crippen molar-refractivity contribution in [3.8, 4) is 22.4 Å². The first-order valence-corrected chi connectivity index (χ1v) is 6.16. The van der Waals surface area contributed by atoms with Crippen LogP contribution in [0.3, 0.4) is 0 Å². The van der Waals surface area contributed by atoms with Crippen LogP contribution in [0.25, 0.3) is 22.4 Å². The number of aromatic nitrogens is 2. The number of pyridine rings is 1. The highest BCUT2D eigenvalue weighted by Gasteiger charge is 2.20. The van der Waals surface area contributed by atoms with Crippen molar-refractivity contribution in [1.29, 1.82) is 0 Å². The van der Waals surface area contributed by atoms with Crippen LogP contribution in [0.1, 0.15) is 0 Å². The number of nitrogens with zero attached hydrogens (tertiary/aromatic N) is 2. The molecule has 0 bridgehead atoms. The minimum Gasteiger partial charge on any atom is -0.367 e. The fourth-order valence-corrected chi connectivity index (χ4v) is 2.15. The van der Waals surface area contributed by atoms with Gasteiger partial charge in [-0.05, 0) is 29.8 Å². The molecule has 2 heterocycles. The van der Waals surface area contributed by atoms with Crippen LogP contribution in [0, 0.1) is 5.82 Å². The van der Waals surface area contributed by atoms with E-state index in [9.17, 15) is 4.39 Å². The predicted octanol–water partition coefficient (Wildman–Crippen LogP) is 3.78. The second-order valence-electron chi connectivity index (χ2n) is 4.11. The van der Waals surface area contributed by atoms with Gasteiger partial charge in [0, 0.05) is 18.0 Å². The van der Waals surface area contributed by atoms with E-state index < -0.39 is 5.82 Å². The second-order valence-corrected chi connectivity index (χ2v) is 4.51. The zero-order chi connectivity index (χ0) is 14.1. The molecule has 0 aliphatic heterocycles. The van der Waals surface area contributed by atoms with Gasteiger partial charge < -0.3 is 10.3 Å². The van der Waals surface area contributed by atoms with E-state index in [-0.39, 0.29) is 16.5 Å². The van der Waals surface area contributed by atoms with Gasteiger partial charge in [-0.3, -0.25) is 4.98 Å². The molecule has 2 N–H and O–H groups in total. The van der Waals surface area contributed by atoms with Crippen LogP contribution in [0.2, 0.25) is 5.02 Å². The lowest BCUT2D eigenvalue weighted by atomic mass is 10.0. The van der Waals surface area contributed by atoms with Crippen molar-refractivity contribution < 1.29 is 8.91 Å². The molecule has 0 saturated carbocycles. The molecule has 0 aliphatic rings. The molecule has 0 aliphatic carbocycles. The summed E-state index contributed by atoms with van der Waals surface area (Å²) in [4.78, 5) is 3.93. The zero-order valence-corrected chi connectivity index (χ0v) is 10.9. The van der Waals surface area contributed by atoms with Gasteiger partial charge in [0.15, 0.2) is 5.82 Å². The molecular formula is C14H9ClFN3O. The first-order chi connectivity index (χ1) is 9.68. The van der Waals surface area contributed by atoms with Gasteiger partial charge in [0.05, 0.1) is 10.6 Å². The van der Waals surface area contributed by atoms with Crippen molar-refractivity contribution in [3.05, 3.63) is 53.6 Å². The van der Waals surface area contributed by atoms with Crippen LogP contribution in [0.5, 0.6) is 0 Å². The smallest absolute Gasteiger partial charge is 0.230 e. The molecule has 0 radical (unpaired) electrons. The van der Waals surface area contributed by atoms with E-state index in [0.717, 1.165) is 5.56 Å². The molecule has 0 fully saturated rings. The number of anilines is 1.